The molecule has 3 unspecified atom stereocenters. The molecule has 0 aliphatic heterocycles. The molecule has 20 heavy (non-hydrogen) atoms. The van der Waals surface area contributed by atoms with Gasteiger partial charge in [-0.1, -0.05) is 80.1 Å². The fourth-order valence-electron chi connectivity index (χ4n) is 2.52. The van der Waals surface area contributed by atoms with E-state index in [1.54, 1.807) is 0 Å². The van der Waals surface area contributed by atoms with E-state index in [0.717, 1.165) is 24.2 Å². The molecule has 0 amide bonds. The second-order valence-corrected chi connectivity index (χ2v) is 7.27. The largest absolute Gasteiger partial charge is 0.103 e. The molecule has 0 fully saturated rings. The van der Waals surface area contributed by atoms with Gasteiger partial charge in [0.1, 0.15) is 0 Å². The van der Waals surface area contributed by atoms with Crippen LogP contribution in [0.1, 0.15) is 92.9 Å². The summed E-state index contributed by atoms with van der Waals surface area (Å²) in [7, 11) is 0. The molecule has 0 N–H and O–H groups in total. The van der Waals surface area contributed by atoms with Gasteiger partial charge in [0.2, 0.25) is 0 Å². The lowest BCUT2D eigenvalue weighted by Crippen LogP contribution is -2.00. The zero-order chi connectivity index (χ0) is 15.4. The van der Waals surface area contributed by atoms with E-state index >= 15 is 0 Å². The topological polar surface area (TPSA) is 0 Å². The lowest BCUT2D eigenvalue weighted by molar-refractivity contribution is 0.393. The molecule has 0 saturated heterocycles. The molecular formula is C20H38. The third-order valence-electron chi connectivity index (χ3n) is 4.33. The van der Waals surface area contributed by atoms with Crippen LogP contribution in [0.4, 0.5) is 0 Å². The van der Waals surface area contributed by atoms with Crippen LogP contribution in [0, 0.1) is 35.5 Å². The zero-order valence-electron chi connectivity index (χ0n) is 15.0. The Kier molecular flexibility index (Phi) is 12.0. The molecule has 0 aliphatic carbocycles. The van der Waals surface area contributed by atoms with Crippen LogP contribution in [0.5, 0.6) is 0 Å². The van der Waals surface area contributed by atoms with Crippen molar-refractivity contribution in [2.45, 2.75) is 92.9 Å². The molecule has 118 valence electrons. The lowest BCUT2D eigenvalue weighted by Gasteiger charge is -2.14. The molecule has 0 heterocycles. The predicted molar refractivity (Wildman–Crippen MR) is 92.7 cm³/mol. The molecule has 3 atom stereocenters. The summed E-state index contributed by atoms with van der Waals surface area (Å²) in [4.78, 5) is 0. The van der Waals surface area contributed by atoms with Gasteiger partial charge in [-0.25, -0.2) is 0 Å². The first kappa shape index (κ1) is 19.6. The van der Waals surface area contributed by atoms with Crippen molar-refractivity contribution >= 4 is 0 Å². The summed E-state index contributed by atoms with van der Waals surface area (Å²) in [5.74, 6) is 9.72. The van der Waals surface area contributed by atoms with Gasteiger partial charge in [-0.2, -0.15) is 0 Å². The van der Waals surface area contributed by atoms with Crippen LogP contribution < -0.4 is 0 Å². The van der Waals surface area contributed by atoms with Crippen LogP contribution in [0.2, 0.25) is 0 Å². The van der Waals surface area contributed by atoms with Gasteiger partial charge in [0.05, 0.1) is 0 Å². The maximum Gasteiger partial charge on any atom is 0.0146 e. The molecule has 0 radical (unpaired) electrons. The van der Waals surface area contributed by atoms with Gasteiger partial charge < -0.3 is 0 Å². The van der Waals surface area contributed by atoms with E-state index in [1.165, 1.54) is 44.9 Å². The summed E-state index contributed by atoms with van der Waals surface area (Å²) in [6.07, 6.45) is 10.8. The van der Waals surface area contributed by atoms with Crippen molar-refractivity contribution in [3.8, 4) is 11.8 Å². The predicted octanol–water partition coefficient (Wildman–Crippen LogP) is 6.69. The summed E-state index contributed by atoms with van der Waals surface area (Å²) in [6, 6.07) is 0. The smallest absolute Gasteiger partial charge is 0.0146 e. The van der Waals surface area contributed by atoms with Crippen molar-refractivity contribution in [1.29, 1.82) is 0 Å². The first-order valence-corrected chi connectivity index (χ1v) is 8.94. The summed E-state index contributed by atoms with van der Waals surface area (Å²) in [5, 5.41) is 0. The van der Waals surface area contributed by atoms with Crippen LogP contribution in [0.15, 0.2) is 0 Å². The number of hydrogen-bond donors (Lipinski definition) is 0. The second kappa shape index (κ2) is 12.3. The van der Waals surface area contributed by atoms with Gasteiger partial charge in [0.25, 0.3) is 0 Å². The van der Waals surface area contributed by atoms with Crippen LogP contribution in [-0.2, 0) is 0 Å². The highest BCUT2D eigenvalue weighted by atomic mass is 14.1. The van der Waals surface area contributed by atoms with Crippen LogP contribution in [-0.4, -0.2) is 0 Å². The quantitative estimate of drug-likeness (QED) is 0.390. The first-order valence-electron chi connectivity index (χ1n) is 8.94. The first-order chi connectivity index (χ1) is 9.45. The van der Waals surface area contributed by atoms with E-state index < -0.39 is 0 Å². The highest BCUT2D eigenvalue weighted by molar-refractivity contribution is 5.01. The van der Waals surface area contributed by atoms with E-state index in [2.05, 4.69) is 53.4 Å². The molecule has 0 aromatic carbocycles. The molecule has 0 aliphatic rings. The summed E-state index contributed by atoms with van der Waals surface area (Å²) in [5.41, 5.74) is 0. The van der Waals surface area contributed by atoms with E-state index in [4.69, 9.17) is 0 Å². The Morgan fingerprint density at radius 3 is 1.70 bits per heavy atom. The molecule has 0 bridgehead atoms. The average molecular weight is 279 g/mol. The van der Waals surface area contributed by atoms with Gasteiger partial charge >= 0.3 is 0 Å². The minimum atomic E-state index is 0.521. The minimum absolute atomic E-state index is 0.521. The van der Waals surface area contributed by atoms with Crippen LogP contribution >= 0.6 is 0 Å². The van der Waals surface area contributed by atoms with Gasteiger partial charge in [-0.3, -0.25) is 0 Å². The van der Waals surface area contributed by atoms with Gasteiger partial charge in [0.15, 0.2) is 0 Å². The summed E-state index contributed by atoms with van der Waals surface area (Å²) >= 11 is 0. The molecule has 0 aromatic heterocycles. The molecule has 0 heteroatoms. The monoisotopic (exact) mass is 278 g/mol. The Balaban J connectivity index is 3.56. The standard InChI is InChI=1S/C20H38/c1-7-18(4)12-9-14-20(6)16-10-15-19(5)13-8-11-17(2)3/h17-20H,7,9-10,12-16H2,1-6H3. The maximum absolute atomic E-state index is 3.33. The number of hydrogen-bond acceptors (Lipinski definition) is 0. The van der Waals surface area contributed by atoms with Crippen molar-refractivity contribution in [1.82, 2.24) is 0 Å². The SMILES string of the molecule is CCC(C)CCCC(C)CCCC(C)CC#CC(C)C. The Morgan fingerprint density at radius 1 is 0.700 bits per heavy atom. The van der Waals surface area contributed by atoms with Crippen molar-refractivity contribution in [3.63, 3.8) is 0 Å². The van der Waals surface area contributed by atoms with Crippen molar-refractivity contribution in [2.24, 2.45) is 23.7 Å². The van der Waals surface area contributed by atoms with Gasteiger partial charge in [0, 0.05) is 12.3 Å². The minimum Gasteiger partial charge on any atom is -0.103 e. The van der Waals surface area contributed by atoms with E-state index in [0.29, 0.717) is 5.92 Å². The van der Waals surface area contributed by atoms with Crippen LogP contribution in [0.25, 0.3) is 0 Å². The van der Waals surface area contributed by atoms with E-state index in [1.807, 2.05) is 0 Å². The van der Waals surface area contributed by atoms with Crippen LogP contribution in [0.3, 0.4) is 0 Å². The highest BCUT2D eigenvalue weighted by Gasteiger charge is 2.06. The fraction of sp³-hybridized carbons (Fsp3) is 0.900. The third-order valence-corrected chi connectivity index (χ3v) is 4.33. The van der Waals surface area contributed by atoms with Crippen molar-refractivity contribution < 1.29 is 0 Å². The molecule has 0 aromatic rings. The Hall–Kier alpha value is -0.440. The third kappa shape index (κ3) is 12.6. The second-order valence-electron chi connectivity index (χ2n) is 7.27. The Bertz CT molecular complexity index is 265. The highest BCUT2D eigenvalue weighted by Crippen LogP contribution is 2.20. The summed E-state index contributed by atoms with van der Waals surface area (Å²) in [6.45, 7) is 13.8. The Labute approximate surface area is 129 Å². The fourth-order valence-corrected chi connectivity index (χ4v) is 2.52. The zero-order valence-corrected chi connectivity index (χ0v) is 15.0. The molecule has 0 spiro atoms. The average Bonchev–Trinajstić information content (AvgIpc) is 2.38. The van der Waals surface area contributed by atoms with E-state index in [-0.39, 0.29) is 0 Å². The van der Waals surface area contributed by atoms with Gasteiger partial charge in [-0.05, 0) is 24.2 Å². The lowest BCUT2D eigenvalue weighted by atomic mass is 9.92. The number of rotatable bonds is 10. The maximum atomic E-state index is 3.33. The Morgan fingerprint density at radius 2 is 1.20 bits per heavy atom. The summed E-state index contributed by atoms with van der Waals surface area (Å²) < 4.78 is 0. The van der Waals surface area contributed by atoms with Gasteiger partial charge in [-0.15, -0.1) is 11.8 Å². The molecular weight excluding hydrogens is 240 g/mol. The molecule has 0 nitrogen and oxygen atoms in total. The van der Waals surface area contributed by atoms with Crippen molar-refractivity contribution in [2.75, 3.05) is 0 Å². The normalized spacial score (nSPS) is 15.6. The van der Waals surface area contributed by atoms with Crippen molar-refractivity contribution in [3.05, 3.63) is 0 Å². The molecule has 0 rings (SSSR count). The van der Waals surface area contributed by atoms with E-state index in [9.17, 15) is 0 Å². The molecule has 0 saturated carbocycles.